The van der Waals surface area contributed by atoms with Gasteiger partial charge in [0.25, 0.3) is 5.56 Å². The molecular formula is C12H17N5O2. The van der Waals surface area contributed by atoms with E-state index in [-0.39, 0.29) is 5.56 Å². The first kappa shape index (κ1) is 12.2. The quantitative estimate of drug-likeness (QED) is 0.747. The molecular weight excluding hydrogens is 246 g/mol. The van der Waals surface area contributed by atoms with Crippen LogP contribution in [0.25, 0.3) is 11.2 Å². The molecule has 1 aliphatic rings. The fourth-order valence-electron chi connectivity index (χ4n) is 2.69. The second-order valence-electron chi connectivity index (χ2n) is 5.07. The molecule has 0 saturated carbocycles. The Balaban J connectivity index is 2.14. The van der Waals surface area contributed by atoms with Crippen LogP contribution in [0.3, 0.4) is 0 Å². The van der Waals surface area contributed by atoms with E-state index < -0.39 is 5.69 Å². The normalized spacial score (nSPS) is 19.4. The molecule has 3 rings (SSSR count). The number of imidazole rings is 1. The van der Waals surface area contributed by atoms with E-state index in [9.17, 15) is 9.59 Å². The van der Waals surface area contributed by atoms with Gasteiger partial charge < -0.3 is 9.88 Å². The number of hydrogen-bond donors (Lipinski definition) is 2. The van der Waals surface area contributed by atoms with Gasteiger partial charge in [0.2, 0.25) is 0 Å². The van der Waals surface area contributed by atoms with Crippen LogP contribution in [-0.2, 0) is 20.5 Å². The first-order chi connectivity index (χ1) is 9.08. The van der Waals surface area contributed by atoms with E-state index in [1.54, 1.807) is 11.6 Å². The third-order valence-electron chi connectivity index (χ3n) is 3.82. The van der Waals surface area contributed by atoms with Gasteiger partial charge in [-0.2, -0.15) is 0 Å². The average Bonchev–Trinajstić information content (AvgIpc) is 2.97. The Kier molecular flexibility index (Phi) is 2.78. The number of rotatable bonds is 2. The smallest absolute Gasteiger partial charge is 0.325 e. The molecule has 7 nitrogen and oxygen atoms in total. The third kappa shape index (κ3) is 1.90. The van der Waals surface area contributed by atoms with Crippen molar-refractivity contribution in [1.82, 2.24) is 24.4 Å². The first-order valence-corrected chi connectivity index (χ1v) is 6.46. The number of nitrogens with one attached hydrogen (secondary N) is 2. The number of aromatic nitrogens is 4. The van der Waals surface area contributed by atoms with Crippen LogP contribution >= 0.6 is 0 Å². The lowest BCUT2D eigenvalue weighted by molar-refractivity contribution is 0.575. The number of hydrogen-bond acceptors (Lipinski definition) is 4. The summed E-state index contributed by atoms with van der Waals surface area (Å²) in [5, 5.41) is 3.41. The zero-order valence-corrected chi connectivity index (χ0v) is 11.1. The Morgan fingerprint density at radius 3 is 2.79 bits per heavy atom. The van der Waals surface area contributed by atoms with Gasteiger partial charge in [-0.25, -0.2) is 9.78 Å². The lowest BCUT2D eigenvalue weighted by Crippen LogP contribution is -2.29. The van der Waals surface area contributed by atoms with Crippen LogP contribution in [0.15, 0.2) is 9.59 Å². The van der Waals surface area contributed by atoms with Crippen LogP contribution in [-0.4, -0.2) is 31.7 Å². The average molecular weight is 263 g/mol. The van der Waals surface area contributed by atoms with Gasteiger partial charge in [0.05, 0.1) is 0 Å². The minimum Gasteiger partial charge on any atom is -0.325 e. The molecule has 102 valence electrons. The van der Waals surface area contributed by atoms with E-state index in [1.165, 1.54) is 11.0 Å². The third-order valence-corrected chi connectivity index (χ3v) is 3.82. The van der Waals surface area contributed by atoms with Gasteiger partial charge in [-0.1, -0.05) is 0 Å². The molecule has 1 saturated heterocycles. The van der Waals surface area contributed by atoms with E-state index in [1.807, 2.05) is 7.05 Å². The second kappa shape index (κ2) is 4.34. The van der Waals surface area contributed by atoms with E-state index >= 15 is 0 Å². The standard InChI is InChI=1S/C12H17N5O2/c1-16-8(6-7-4-3-5-13-7)14-10-9(16)11(18)15-12(19)17(10)2/h7,13H,3-6H2,1-2H3,(H,15,18,19). The van der Waals surface area contributed by atoms with Crippen molar-refractivity contribution in [1.29, 1.82) is 0 Å². The molecule has 0 bridgehead atoms. The molecule has 2 N–H and O–H groups in total. The largest absolute Gasteiger partial charge is 0.329 e. The molecule has 1 atom stereocenters. The van der Waals surface area contributed by atoms with Gasteiger partial charge >= 0.3 is 5.69 Å². The minimum absolute atomic E-state index is 0.376. The van der Waals surface area contributed by atoms with E-state index in [0.717, 1.165) is 25.2 Å². The van der Waals surface area contributed by atoms with Crippen molar-refractivity contribution in [2.45, 2.75) is 25.3 Å². The monoisotopic (exact) mass is 263 g/mol. The molecule has 0 aliphatic carbocycles. The summed E-state index contributed by atoms with van der Waals surface area (Å²) in [4.78, 5) is 30.2. The molecule has 1 unspecified atom stereocenters. The molecule has 7 heteroatoms. The number of fused-ring (bicyclic) bond motifs is 1. The molecule has 0 aromatic carbocycles. The highest BCUT2D eigenvalue weighted by Crippen LogP contribution is 2.14. The van der Waals surface area contributed by atoms with E-state index in [0.29, 0.717) is 17.2 Å². The van der Waals surface area contributed by atoms with Crippen molar-refractivity contribution in [3.05, 3.63) is 26.7 Å². The Labute approximate surface area is 109 Å². The van der Waals surface area contributed by atoms with Crippen molar-refractivity contribution < 1.29 is 0 Å². The first-order valence-electron chi connectivity index (χ1n) is 6.46. The van der Waals surface area contributed by atoms with Crippen molar-refractivity contribution >= 4 is 11.2 Å². The van der Waals surface area contributed by atoms with Gasteiger partial charge in [-0.15, -0.1) is 0 Å². The summed E-state index contributed by atoms with van der Waals surface area (Å²) < 4.78 is 3.16. The molecule has 0 radical (unpaired) electrons. The van der Waals surface area contributed by atoms with Crippen molar-refractivity contribution in [2.75, 3.05) is 6.54 Å². The predicted molar refractivity (Wildman–Crippen MR) is 71.3 cm³/mol. The maximum absolute atomic E-state index is 11.9. The summed E-state index contributed by atoms with van der Waals surface area (Å²) >= 11 is 0. The predicted octanol–water partition coefficient (Wildman–Crippen LogP) is -0.745. The molecule has 0 spiro atoms. The fraction of sp³-hybridized carbons (Fsp3) is 0.583. The van der Waals surface area contributed by atoms with E-state index in [2.05, 4.69) is 15.3 Å². The summed E-state index contributed by atoms with van der Waals surface area (Å²) in [6.07, 6.45) is 3.07. The molecule has 3 heterocycles. The fourth-order valence-corrected chi connectivity index (χ4v) is 2.69. The highest BCUT2D eigenvalue weighted by molar-refractivity contribution is 5.70. The zero-order valence-electron chi connectivity index (χ0n) is 11.1. The summed E-state index contributed by atoms with van der Waals surface area (Å²) in [5.74, 6) is 0.834. The summed E-state index contributed by atoms with van der Waals surface area (Å²) in [6, 6.07) is 0.409. The van der Waals surface area contributed by atoms with Crippen molar-refractivity contribution in [3.63, 3.8) is 0 Å². The molecule has 0 amide bonds. The number of H-pyrrole nitrogens is 1. The second-order valence-corrected chi connectivity index (χ2v) is 5.07. The summed E-state index contributed by atoms with van der Waals surface area (Å²) in [6.45, 7) is 1.04. The Morgan fingerprint density at radius 1 is 1.32 bits per heavy atom. The Bertz CT molecular complexity index is 733. The minimum atomic E-state index is -0.429. The molecule has 1 aliphatic heterocycles. The van der Waals surface area contributed by atoms with Crippen LogP contribution in [0.2, 0.25) is 0 Å². The van der Waals surface area contributed by atoms with Crippen molar-refractivity contribution in [2.24, 2.45) is 14.1 Å². The van der Waals surface area contributed by atoms with Crippen LogP contribution in [0.4, 0.5) is 0 Å². The molecule has 2 aromatic rings. The van der Waals surface area contributed by atoms with Gasteiger partial charge in [0, 0.05) is 26.6 Å². The van der Waals surface area contributed by atoms with Crippen LogP contribution in [0.5, 0.6) is 0 Å². The van der Waals surface area contributed by atoms with E-state index in [4.69, 9.17) is 0 Å². The highest BCUT2D eigenvalue weighted by atomic mass is 16.2. The highest BCUT2D eigenvalue weighted by Gasteiger charge is 2.20. The number of aromatic amines is 1. The van der Waals surface area contributed by atoms with Crippen LogP contribution in [0, 0.1) is 0 Å². The number of aryl methyl sites for hydroxylation is 2. The SMILES string of the molecule is Cn1c(CC2CCCN2)nc2c1c(=O)[nH]c(=O)n2C. The maximum atomic E-state index is 11.9. The van der Waals surface area contributed by atoms with Crippen LogP contribution in [0.1, 0.15) is 18.7 Å². The lowest BCUT2D eigenvalue weighted by Gasteiger charge is -2.09. The molecule has 2 aromatic heterocycles. The molecule has 1 fully saturated rings. The summed E-state index contributed by atoms with van der Waals surface area (Å²) in [7, 11) is 3.44. The Hall–Kier alpha value is -1.89. The topological polar surface area (TPSA) is 84.7 Å². The lowest BCUT2D eigenvalue weighted by atomic mass is 10.1. The zero-order chi connectivity index (χ0) is 13.6. The Morgan fingerprint density at radius 2 is 2.11 bits per heavy atom. The summed E-state index contributed by atoms with van der Waals surface area (Å²) in [5.41, 5.74) is 0.0965. The number of nitrogens with zero attached hydrogens (tertiary/aromatic N) is 3. The van der Waals surface area contributed by atoms with Crippen LogP contribution < -0.4 is 16.6 Å². The van der Waals surface area contributed by atoms with Gasteiger partial charge in [0.15, 0.2) is 11.2 Å². The van der Waals surface area contributed by atoms with Gasteiger partial charge in [0.1, 0.15) is 5.82 Å². The van der Waals surface area contributed by atoms with Gasteiger partial charge in [-0.3, -0.25) is 14.3 Å². The molecule has 19 heavy (non-hydrogen) atoms. The maximum Gasteiger partial charge on any atom is 0.329 e. The van der Waals surface area contributed by atoms with Gasteiger partial charge in [-0.05, 0) is 19.4 Å². The van der Waals surface area contributed by atoms with Crippen molar-refractivity contribution in [3.8, 4) is 0 Å².